The molecule has 0 saturated carbocycles. The molecule has 0 aliphatic rings. The number of nitriles is 1. The van der Waals surface area contributed by atoms with E-state index in [2.05, 4.69) is 58.3 Å². The van der Waals surface area contributed by atoms with Crippen molar-refractivity contribution >= 4 is 65.9 Å². The molecule has 3 rings (SSSR count). The van der Waals surface area contributed by atoms with Crippen molar-refractivity contribution in [3.05, 3.63) is 50.6 Å². The Morgan fingerprint density at radius 1 is 1.32 bits per heavy atom. The highest BCUT2D eigenvalue weighted by molar-refractivity contribution is 14.1. The predicted octanol–water partition coefficient (Wildman–Crippen LogP) is 3.78. The first-order chi connectivity index (χ1) is 14.7. The normalized spacial score (nSPS) is 11.6. The first-order valence-corrected chi connectivity index (χ1v) is 14.9. The third-order valence-corrected chi connectivity index (χ3v) is 7.88. The average Bonchev–Trinajstić information content (AvgIpc) is 3.01. The summed E-state index contributed by atoms with van der Waals surface area (Å²) in [6.07, 6.45) is 1.42. The van der Waals surface area contributed by atoms with Crippen LogP contribution in [0.15, 0.2) is 30.6 Å². The molecule has 0 aliphatic heterocycles. The number of hydrogen-bond acceptors (Lipinski definition) is 6. The quantitative estimate of drug-likeness (QED) is 0.183. The van der Waals surface area contributed by atoms with E-state index in [-0.39, 0.29) is 6.61 Å². The van der Waals surface area contributed by atoms with E-state index in [4.69, 9.17) is 26.3 Å². The van der Waals surface area contributed by atoms with Crippen molar-refractivity contribution in [1.82, 2.24) is 14.5 Å². The van der Waals surface area contributed by atoms with E-state index in [1.807, 2.05) is 4.57 Å². The van der Waals surface area contributed by atoms with Gasteiger partial charge in [-0.2, -0.15) is 5.26 Å². The van der Waals surface area contributed by atoms with E-state index in [0.717, 1.165) is 20.7 Å². The van der Waals surface area contributed by atoms with Crippen LogP contribution in [-0.2, 0) is 22.7 Å². The predicted molar refractivity (Wildman–Crippen MR) is 133 cm³/mol. The molecule has 31 heavy (non-hydrogen) atoms. The van der Waals surface area contributed by atoms with Crippen LogP contribution in [0.1, 0.15) is 11.3 Å². The van der Waals surface area contributed by atoms with Crippen molar-refractivity contribution in [3.8, 4) is 6.07 Å². The molecule has 0 saturated heterocycles. The maximum absolute atomic E-state index is 10.5. The Balaban J connectivity index is 1.83. The van der Waals surface area contributed by atoms with Gasteiger partial charge in [0, 0.05) is 18.3 Å². The Labute approximate surface area is 201 Å². The Morgan fingerprint density at radius 3 is 2.81 bits per heavy atom. The van der Waals surface area contributed by atoms with E-state index < -0.39 is 15.2 Å². The number of nitrogens with zero attached hydrogens (tertiary/aromatic N) is 4. The van der Waals surface area contributed by atoms with Gasteiger partial charge in [0.05, 0.1) is 29.3 Å². The van der Waals surface area contributed by atoms with Gasteiger partial charge >= 0.3 is 7.12 Å². The summed E-state index contributed by atoms with van der Waals surface area (Å²) in [6, 6.07) is 9.82. The molecule has 3 aromatic rings. The van der Waals surface area contributed by atoms with Gasteiger partial charge < -0.3 is 19.0 Å². The summed E-state index contributed by atoms with van der Waals surface area (Å²) < 4.78 is 14.5. The molecule has 11 heteroatoms. The summed E-state index contributed by atoms with van der Waals surface area (Å²) in [5, 5.41) is 20.7. The SMILES string of the molecule is C[Si](C)(C)CCOCn1c(COB(O)c2cccc(C#N)c2)c(I)c2c(Cl)ncnc21. The molecule has 0 bridgehead atoms. The van der Waals surface area contributed by atoms with Crippen LogP contribution < -0.4 is 5.46 Å². The topological polar surface area (TPSA) is 93.2 Å². The molecule has 162 valence electrons. The number of fused-ring (bicyclic) bond motifs is 1. The van der Waals surface area contributed by atoms with Crippen LogP contribution in [0, 0.1) is 14.9 Å². The van der Waals surface area contributed by atoms with Crippen molar-refractivity contribution in [3.63, 3.8) is 0 Å². The molecule has 7 nitrogen and oxygen atoms in total. The summed E-state index contributed by atoms with van der Waals surface area (Å²) >= 11 is 8.53. The van der Waals surface area contributed by atoms with Gasteiger partial charge in [0.1, 0.15) is 23.9 Å². The molecule has 2 heterocycles. The molecule has 1 aromatic carbocycles. The summed E-state index contributed by atoms with van der Waals surface area (Å²) in [4.78, 5) is 8.49. The Morgan fingerprint density at radius 2 is 2.10 bits per heavy atom. The van der Waals surface area contributed by atoms with Gasteiger partial charge in [-0.15, -0.1) is 0 Å². The lowest BCUT2D eigenvalue weighted by Crippen LogP contribution is -2.34. The lowest BCUT2D eigenvalue weighted by molar-refractivity contribution is 0.0850. The van der Waals surface area contributed by atoms with Gasteiger partial charge in [0.2, 0.25) is 0 Å². The minimum Gasteiger partial charge on any atom is -0.423 e. The highest BCUT2D eigenvalue weighted by Crippen LogP contribution is 2.31. The van der Waals surface area contributed by atoms with Crippen LogP contribution >= 0.6 is 34.2 Å². The third kappa shape index (κ3) is 6.06. The minimum absolute atomic E-state index is 0.111. The molecule has 0 aliphatic carbocycles. The number of rotatable bonds is 9. The number of ether oxygens (including phenoxy) is 1. The summed E-state index contributed by atoms with van der Waals surface area (Å²) in [5.74, 6) is 0. The second kappa shape index (κ2) is 10.4. The number of hydrogen-bond donors (Lipinski definition) is 1. The molecule has 0 radical (unpaired) electrons. The van der Waals surface area contributed by atoms with Crippen LogP contribution in [0.5, 0.6) is 0 Å². The van der Waals surface area contributed by atoms with E-state index in [9.17, 15) is 5.02 Å². The van der Waals surface area contributed by atoms with Gasteiger partial charge in [-0.3, -0.25) is 0 Å². The van der Waals surface area contributed by atoms with Crippen molar-refractivity contribution in [2.45, 2.75) is 39.0 Å². The van der Waals surface area contributed by atoms with E-state index in [1.54, 1.807) is 24.3 Å². The lowest BCUT2D eigenvalue weighted by Gasteiger charge is -2.17. The number of benzene rings is 1. The van der Waals surface area contributed by atoms with Gasteiger partial charge in [-0.25, -0.2) is 9.97 Å². The summed E-state index contributed by atoms with van der Waals surface area (Å²) in [5.41, 5.74) is 2.43. The zero-order valence-corrected chi connectivity index (χ0v) is 21.5. The average molecular weight is 569 g/mol. The van der Waals surface area contributed by atoms with Gasteiger partial charge in [-0.05, 0) is 46.2 Å². The molecular formula is C20H23BClIN4O3Si. The highest BCUT2D eigenvalue weighted by Gasteiger charge is 2.23. The maximum Gasteiger partial charge on any atom is 0.491 e. The fraction of sp³-hybridized carbons (Fsp3) is 0.350. The fourth-order valence-electron chi connectivity index (χ4n) is 2.97. The molecular weight excluding hydrogens is 546 g/mol. The molecule has 0 fully saturated rings. The smallest absolute Gasteiger partial charge is 0.423 e. The molecule has 2 aromatic heterocycles. The van der Waals surface area contributed by atoms with Gasteiger partial charge in [0.15, 0.2) is 0 Å². The second-order valence-corrected chi connectivity index (χ2v) is 15.4. The molecule has 0 amide bonds. The zero-order chi connectivity index (χ0) is 22.6. The molecule has 0 unspecified atom stereocenters. The summed E-state index contributed by atoms with van der Waals surface area (Å²) in [6.45, 7) is 7.99. The zero-order valence-electron chi connectivity index (χ0n) is 17.6. The standard InChI is InChI=1S/C20H23BClIN4O3Si/c1-31(2,3)8-7-29-13-27-16(18(23)17-19(22)25-12-26-20(17)27)11-30-21(28)15-6-4-5-14(9-15)10-24/h4-6,9,12,28H,7-8,11,13H2,1-3H3. The minimum atomic E-state index is -1.21. The Hall–Kier alpha value is -1.49. The van der Waals surface area contributed by atoms with Crippen LogP contribution in [0.2, 0.25) is 30.8 Å². The molecule has 1 N–H and O–H groups in total. The maximum atomic E-state index is 10.5. The highest BCUT2D eigenvalue weighted by atomic mass is 127. The second-order valence-electron chi connectivity index (χ2n) is 8.30. The van der Waals surface area contributed by atoms with Crippen LogP contribution in [0.3, 0.4) is 0 Å². The first-order valence-electron chi connectivity index (χ1n) is 9.76. The first kappa shape index (κ1) is 24.2. The number of aromatic nitrogens is 3. The van der Waals surface area contributed by atoms with Crippen molar-refractivity contribution in [2.24, 2.45) is 0 Å². The van der Waals surface area contributed by atoms with Gasteiger partial charge in [-0.1, -0.05) is 43.4 Å². The van der Waals surface area contributed by atoms with Gasteiger partial charge in [0.25, 0.3) is 0 Å². The van der Waals surface area contributed by atoms with Crippen LogP contribution in [0.4, 0.5) is 0 Å². The van der Waals surface area contributed by atoms with E-state index in [1.165, 1.54) is 6.33 Å². The van der Waals surface area contributed by atoms with Crippen molar-refractivity contribution < 1.29 is 14.4 Å². The van der Waals surface area contributed by atoms with Crippen molar-refractivity contribution in [2.75, 3.05) is 6.61 Å². The van der Waals surface area contributed by atoms with E-state index >= 15 is 0 Å². The summed E-state index contributed by atoms with van der Waals surface area (Å²) in [7, 11) is -2.38. The largest absolute Gasteiger partial charge is 0.491 e. The third-order valence-electron chi connectivity index (χ3n) is 4.73. The molecule has 0 atom stereocenters. The van der Waals surface area contributed by atoms with Crippen LogP contribution in [0.25, 0.3) is 11.0 Å². The Bertz CT molecular complexity index is 1120. The van der Waals surface area contributed by atoms with E-state index in [0.29, 0.717) is 35.2 Å². The molecule has 0 spiro atoms. The van der Waals surface area contributed by atoms with Crippen LogP contribution in [-0.4, -0.2) is 41.4 Å². The van der Waals surface area contributed by atoms with Crippen molar-refractivity contribution in [1.29, 1.82) is 5.26 Å². The fourth-order valence-corrected chi connectivity index (χ4v) is 5.05. The Kier molecular flexibility index (Phi) is 8.12. The lowest BCUT2D eigenvalue weighted by atomic mass is 9.79. The number of halogens is 2. The monoisotopic (exact) mass is 568 g/mol.